The molecule has 228 valence electrons. The maximum atomic E-state index is 6.64. The average molecular weight is 621 g/mol. The highest BCUT2D eigenvalue weighted by Gasteiger charge is 2.30. The zero-order valence-corrected chi connectivity index (χ0v) is 26.5. The van der Waals surface area contributed by atoms with Crippen molar-refractivity contribution in [3.05, 3.63) is 135 Å². The second-order valence-electron chi connectivity index (χ2n) is 12.8. The lowest BCUT2D eigenvalue weighted by Gasteiger charge is -2.27. The highest BCUT2D eigenvalue weighted by Crippen LogP contribution is 2.44. The maximum Gasteiger partial charge on any atom is 0.150 e. The van der Waals surface area contributed by atoms with Crippen molar-refractivity contribution in [1.82, 2.24) is 5.32 Å². The Labute approximate surface area is 273 Å². The summed E-state index contributed by atoms with van der Waals surface area (Å²) in [4.78, 5) is 11.7. The van der Waals surface area contributed by atoms with Gasteiger partial charge in [0.25, 0.3) is 0 Å². The molecule has 3 aromatic rings. The topological polar surface area (TPSA) is 61.9 Å². The van der Waals surface area contributed by atoms with E-state index in [4.69, 9.17) is 14.4 Å². The van der Waals surface area contributed by atoms with E-state index in [1.807, 2.05) is 17.8 Å². The second-order valence-corrected chi connectivity index (χ2v) is 13.9. The largest absolute Gasteiger partial charge is 0.461 e. The molecule has 6 aliphatic rings. The Hall–Kier alpha value is -4.55. The Morgan fingerprint density at radius 3 is 2.63 bits per heavy atom. The molecular weight excluding hydrogens is 585 g/mol. The standard InChI is InChI=1S/C40H36N4OS/c1-4-10-25(11-5-1)37-42-38(26-12-6-2-7-13-26)44-39(43-37)30-17-20-32-31-19-16-28(22-34(31)45-35(32)23-30)29-18-21-33-36(24-29)46-40(41-33)27-14-8-3-9-15-27/h1-6,8,10-12,14,16,18-21,23-24,28,30,39-41H,7,9,13,15,17,22H2,(H,42,43,44). The van der Waals surface area contributed by atoms with Gasteiger partial charge in [-0.3, -0.25) is 0 Å². The number of anilines is 1. The molecule has 2 aromatic carbocycles. The molecule has 0 bridgehead atoms. The number of rotatable bonds is 5. The van der Waals surface area contributed by atoms with Gasteiger partial charge in [-0.25, -0.2) is 9.98 Å². The molecule has 6 heteroatoms. The molecule has 9 rings (SSSR count). The van der Waals surface area contributed by atoms with Crippen molar-refractivity contribution in [1.29, 1.82) is 0 Å². The van der Waals surface area contributed by atoms with E-state index in [0.29, 0.717) is 11.3 Å². The molecule has 0 radical (unpaired) electrons. The SMILES string of the molecule is C1=CCCC(C2=NC(C3C=c4oc5c(c4=CC3)C=CC(c3ccc4c(c3)SC(C3=CC=CCC3)N4)C5)N=C(c3ccccc3)N2)=C1. The molecule has 4 atom stereocenters. The Bertz CT molecular complexity index is 2060. The number of hydrogen-bond donors (Lipinski definition) is 2. The smallest absolute Gasteiger partial charge is 0.150 e. The lowest BCUT2D eigenvalue weighted by Crippen LogP contribution is -2.40. The first-order chi connectivity index (χ1) is 22.7. The van der Waals surface area contributed by atoms with Crippen molar-refractivity contribution < 1.29 is 4.42 Å². The van der Waals surface area contributed by atoms with Crippen molar-refractivity contribution in [3.63, 3.8) is 0 Å². The number of benzene rings is 2. The van der Waals surface area contributed by atoms with Crippen molar-refractivity contribution in [2.75, 3.05) is 5.32 Å². The number of hydrogen-bond acceptors (Lipinski definition) is 6. The molecule has 5 nitrogen and oxygen atoms in total. The van der Waals surface area contributed by atoms with Crippen LogP contribution in [0.15, 0.2) is 122 Å². The minimum absolute atomic E-state index is 0.124. The van der Waals surface area contributed by atoms with E-state index in [0.717, 1.165) is 66.9 Å². The van der Waals surface area contributed by atoms with Crippen LogP contribution < -0.4 is 21.3 Å². The van der Waals surface area contributed by atoms with E-state index in [-0.39, 0.29) is 12.1 Å². The van der Waals surface area contributed by atoms with Crippen LogP contribution in [0, 0.1) is 5.92 Å². The first-order valence-corrected chi connectivity index (χ1v) is 17.4. The van der Waals surface area contributed by atoms with Crippen molar-refractivity contribution >= 4 is 47.3 Å². The van der Waals surface area contributed by atoms with Crippen LogP contribution in [-0.4, -0.2) is 23.2 Å². The summed E-state index contributed by atoms with van der Waals surface area (Å²) in [6.07, 6.45) is 28.3. The number of furan rings is 1. The minimum atomic E-state index is -0.213. The predicted molar refractivity (Wildman–Crippen MR) is 190 cm³/mol. The van der Waals surface area contributed by atoms with Gasteiger partial charge in [0.05, 0.1) is 5.37 Å². The van der Waals surface area contributed by atoms with E-state index >= 15 is 0 Å². The number of nitrogens with zero attached hydrogens (tertiary/aromatic N) is 2. The van der Waals surface area contributed by atoms with Crippen LogP contribution in [-0.2, 0) is 6.42 Å². The molecule has 0 amide bonds. The molecule has 46 heavy (non-hydrogen) atoms. The van der Waals surface area contributed by atoms with Crippen LogP contribution in [0.4, 0.5) is 5.69 Å². The summed E-state index contributed by atoms with van der Waals surface area (Å²) in [7, 11) is 0. The van der Waals surface area contributed by atoms with Crippen LogP contribution >= 0.6 is 11.8 Å². The number of fused-ring (bicyclic) bond motifs is 4. The molecular formula is C40H36N4OS. The van der Waals surface area contributed by atoms with Gasteiger partial charge in [-0.05, 0) is 67.0 Å². The Morgan fingerprint density at radius 2 is 1.78 bits per heavy atom. The fourth-order valence-electron chi connectivity index (χ4n) is 7.29. The first-order valence-electron chi connectivity index (χ1n) is 16.5. The predicted octanol–water partition coefficient (Wildman–Crippen LogP) is 7.38. The minimum Gasteiger partial charge on any atom is -0.461 e. The van der Waals surface area contributed by atoms with E-state index < -0.39 is 0 Å². The van der Waals surface area contributed by atoms with Crippen LogP contribution in [0.5, 0.6) is 0 Å². The third-order valence-electron chi connectivity index (χ3n) is 9.81. The van der Waals surface area contributed by atoms with Crippen molar-refractivity contribution in [3.8, 4) is 0 Å². The van der Waals surface area contributed by atoms with Gasteiger partial charge in [0.2, 0.25) is 0 Å². The summed E-state index contributed by atoms with van der Waals surface area (Å²) in [6, 6.07) is 17.3. The summed E-state index contributed by atoms with van der Waals surface area (Å²) < 4.78 is 6.64. The quantitative estimate of drug-likeness (QED) is 0.313. The third kappa shape index (κ3) is 5.15. The Kier molecular flexibility index (Phi) is 7.04. The number of amidine groups is 2. The van der Waals surface area contributed by atoms with Gasteiger partial charge in [0.15, 0.2) is 6.17 Å². The molecule has 0 saturated carbocycles. The Morgan fingerprint density at radius 1 is 0.913 bits per heavy atom. The summed E-state index contributed by atoms with van der Waals surface area (Å²) in [5.74, 6) is 3.32. The number of nitrogens with one attached hydrogen (secondary N) is 2. The molecule has 4 aliphatic carbocycles. The molecule has 0 spiro atoms. The maximum absolute atomic E-state index is 6.64. The molecule has 0 saturated heterocycles. The van der Waals surface area contributed by atoms with E-state index in [9.17, 15) is 0 Å². The summed E-state index contributed by atoms with van der Waals surface area (Å²) >= 11 is 1.95. The van der Waals surface area contributed by atoms with Gasteiger partial charge in [-0.15, -0.1) is 0 Å². The lowest BCUT2D eigenvalue weighted by atomic mass is 9.87. The zero-order chi connectivity index (χ0) is 30.5. The summed E-state index contributed by atoms with van der Waals surface area (Å²) in [5.41, 5.74) is 8.59. The van der Waals surface area contributed by atoms with Gasteiger partial charge < -0.3 is 15.1 Å². The van der Waals surface area contributed by atoms with Gasteiger partial charge in [-0.2, -0.15) is 0 Å². The van der Waals surface area contributed by atoms with Crippen LogP contribution in [0.3, 0.4) is 0 Å². The first kappa shape index (κ1) is 27.7. The lowest BCUT2D eigenvalue weighted by molar-refractivity contribution is 0.458. The van der Waals surface area contributed by atoms with Gasteiger partial charge in [0.1, 0.15) is 22.8 Å². The molecule has 4 unspecified atom stereocenters. The highest BCUT2D eigenvalue weighted by atomic mass is 32.2. The number of allylic oxidation sites excluding steroid dienone is 7. The molecule has 0 fully saturated rings. The molecule has 3 heterocycles. The average Bonchev–Trinajstić information content (AvgIpc) is 3.73. The van der Waals surface area contributed by atoms with E-state index in [1.165, 1.54) is 38.1 Å². The monoisotopic (exact) mass is 620 g/mol. The second kappa shape index (κ2) is 11.7. The van der Waals surface area contributed by atoms with Crippen molar-refractivity contribution in [2.45, 2.75) is 60.9 Å². The molecule has 1 aromatic heterocycles. The highest BCUT2D eigenvalue weighted by molar-refractivity contribution is 8.00. The summed E-state index contributed by atoms with van der Waals surface area (Å²) in [6.45, 7) is 0. The number of thioether (sulfide) groups is 1. The normalized spacial score (nSPS) is 25.7. The van der Waals surface area contributed by atoms with E-state index in [2.05, 4.69) is 114 Å². The molecule has 2 N–H and O–H groups in total. The van der Waals surface area contributed by atoms with E-state index in [1.54, 1.807) is 0 Å². The van der Waals surface area contributed by atoms with Gasteiger partial charge in [0, 0.05) is 45.2 Å². The number of aliphatic imine (C=N–C) groups is 2. The van der Waals surface area contributed by atoms with Gasteiger partial charge >= 0.3 is 0 Å². The van der Waals surface area contributed by atoms with Crippen LogP contribution in [0.2, 0.25) is 0 Å². The van der Waals surface area contributed by atoms with Crippen LogP contribution in [0.25, 0.3) is 18.2 Å². The summed E-state index contributed by atoms with van der Waals surface area (Å²) in [5, 5.41) is 8.84. The van der Waals surface area contributed by atoms with Crippen molar-refractivity contribution in [2.24, 2.45) is 15.9 Å². The zero-order valence-electron chi connectivity index (χ0n) is 25.7. The molecule has 2 aliphatic heterocycles. The van der Waals surface area contributed by atoms with Gasteiger partial charge in [-0.1, -0.05) is 103 Å². The fraction of sp³-hybridized carbons (Fsp3) is 0.250. The Balaban J connectivity index is 0.981. The fourth-order valence-corrected chi connectivity index (χ4v) is 8.53. The van der Waals surface area contributed by atoms with Crippen LogP contribution in [0.1, 0.15) is 60.5 Å². The third-order valence-corrected chi connectivity index (χ3v) is 11.1.